The lowest BCUT2D eigenvalue weighted by Gasteiger charge is -2.47. The van der Waals surface area contributed by atoms with Crippen molar-refractivity contribution >= 4 is 17.7 Å². The number of hydrogen-bond acceptors (Lipinski definition) is 6. The summed E-state index contributed by atoms with van der Waals surface area (Å²) < 4.78 is 2.01. The summed E-state index contributed by atoms with van der Waals surface area (Å²) in [5.41, 5.74) is 2.88. The molecule has 0 bridgehead atoms. The standard InChI is InChI=1S/C28H41N7O/c1-6-24(36)34-18-28(19-34)10-13-33(17-28)26-31-23-15-27(4,5)9-8-22(23)25(32-26)30-21(14-20(2)3)16-35-12-7-11-29-35/h6-7,11-12,20-21H,1,8-10,13-19H2,2-5H3,(H,30,31,32)/t21-/m0/s1. The van der Waals surface area contributed by atoms with Crippen LogP contribution in [-0.2, 0) is 24.2 Å². The summed E-state index contributed by atoms with van der Waals surface area (Å²) in [5, 5.41) is 8.29. The maximum Gasteiger partial charge on any atom is 0.245 e. The molecular weight excluding hydrogens is 450 g/mol. The molecule has 4 heterocycles. The van der Waals surface area contributed by atoms with Gasteiger partial charge in [0.15, 0.2) is 0 Å². The van der Waals surface area contributed by atoms with Gasteiger partial charge in [-0.2, -0.15) is 10.1 Å². The molecule has 8 heteroatoms. The Balaban J connectivity index is 1.40. The highest BCUT2D eigenvalue weighted by molar-refractivity contribution is 5.87. The first-order valence-electron chi connectivity index (χ1n) is 13.5. The van der Waals surface area contributed by atoms with E-state index in [1.807, 2.05) is 28.0 Å². The number of carbonyl (C=O) groups excluding carboxylic acids is 1. The molecule has 2 saturated heterocycles. The number of anilines is 2. The van der Waals surface area contributed by atoms with Crippen molar-refractivity contribution in [2.24, 2.45) is 16.7 Å². The van der Waals surface area contributed by atoms with Crippen LogP contribution in [0, 0.1) is 16.7 Å². The van der Waals surface area contributed by atoms with Gasteiger partial charge in [0.1, 0.15) is 5.82 Å². The molecule has 8 nitrogen and oxygen atoms in total. The summed E-state index contributed by atoms with van der Waals surface area (Å²) in [5.74, 6) is 2.43. The number of aromatic nitrogens is 4. The van der Waals surface area contributed by atoms with Gasteiger partial charge in [0.25, 0.3) is 0 Å². The average Bonchev–Trinajstić information content (AvgIpc) is 3.46. The van der Waals surface area contributed by atoms with Crippen molar-refractivity contribution in [2.75, 3.05) is 36.4 Å². The van der Waals surface area contributed by atoms with Crippen LogP contribution in [0.4, 0.5) is 11.8 Å². The highest BCUT2D eigenvalue weighted by atomic mass is 16.2. The van der Waals surface area contributed by atoms with Crippen LogP contribution in [0.25, 0.3) is 0 Å². The van der Waals surface area contributed by atoms with Crippen molar-refractivity contribution in [1.29, 1.82) is 0 Å². The van der Waals surface area contributed by atoms with Gasteiger partial charge in [-0.25, -0.2) is 4.98 Å². The number of likely N-dealkylation sites (tertiary alicyclic amines) is 1. The van der Waals surface area contributed by atoms with Crippen molar-refractivity contribution in [1.82, 2.24) is 24.6 Å². The van der Waals surface area contributed by atoms with Crippen LogP contribution in [0.1, 0.15) is 58.2 Å². The predicted molar refractivity (Wildman–Crippen MR) is 143 cm³/mol. The Morgan fingerprint density at radius 2 is 2.03 bits per heavy atom. The normalized spacial score (nSPS) is 20.8. The van der Waals surface area contributed by atoms with Gasteiger partial charge in [-0.15, -0.1) is 0 Å². The Morgan fingerprint density at radius 3 is 2.72 bits per heavy atom. The lowest BCUT2D eigenvalue weighted by molar-refractivity contribution is -0.136. The predicted octanol–water partition coefficient (Wildman–Crippen LogP) is 3.94. The molecule has 194 valence electrons. The zero-order chi connectivity index (χ0) is 25.5. The Kier molecular flexibility index (Phi) is 6.55. The largest absolute Gasteiger partial charge is 0.365 e. The van der Waals surface area contributed by atoms with Crippen LogP contribution >= 0.6 is 0 Å². The second-order valence-corrected chi connectivity index (χ2v) is 12.4. The summed E-state index contributed by atoms with van der Waals surface area (Å²) in [6.45, 7) is 17.1. The maximum atomic E-state index is 12.0. The van der Waals surface area contributed by atoms with Crippen molar-refractivity contribution in [3.63, 3.8) is 0 Å². The van der Waals surface area contributed by atoms with Crippen LogP contribution in [0.3, 0.4) is 0 Å². The van der Waals surface area contributed by atoms with Gasteiger partial charge in [-0.3, -0.25) is 9.48 Å². The van der Waals surface area contributed by atoms with Crippen LogP contribution in [0.5, 0.6) is 0 Å². The molecule has 2 fully saturated rings. The Bertz CT molecular complexity index is 1100. The zero-order valence-electron chi connectivity index (χ0n) is 22.3. The molecule has 0 saturated carbocycles. The molecule has 0 aromatic carbocycles. The van der Waals surface area contributed by atoms with E-state index in [9.17, 15) is 4.79 Å². The zero-order valence-corrected chi connectivity index (χ0v) is 22.3. The van der Waals surface area contributed by atoms with Crippen molar-refractivity contribution in [2.45, 2.75) is 72.4 Å². The molecule has 5 rings (SSSR count). The van der Waals surface area contributed by atoms with E-state index < -0.39 is 0 Å². The third kappa shape index (κ3) is 5.13. The topological polar surface area (TPSA) is 79.2 Å². The van der Waals surface area contributed by atoms with Gasteiger partial charge in [0.05, 0.1) is 12.2 Å². The maximum absolute atomic E-state index is 12.0. The van der Waals surface area contributed by atoms with E-state index in [1.165, 1.54) is 17.3 Å². The molecule has 0 radical (unpaired) electrons. The van der Waals surface area contributed by atoms with Gasteiger partial charge >= 0.3 is 0 Å². The summed E-state index contributed by atoms with van der Waals surface area (Å²) in [6, 6.07) is 2.22. The SMILES string of the molecule is C=CC(=O)N1CC2(CCN(c3nc4c(c(N[C@@H](CC(C)C)Cn5cccn5)n3)CCC(C)(C)C4)C2)C1. The molecule has 2 aliphatic heterocycles. The molecule has 36 heavy (non-hydrogen) atoms. The molecule has 1 amide bonds. The molecule has 2 aromatic heterocycles. The van der Waals surface area contributed by atoms with E-state index in [2.05, 4.69) is 49.6 Å². The van der Waals surface area contributed by atoms with E-state index in [0.29, 0.717) is 5.92 Å². The smallest absolute Gasteiger partial charge is 0.245 e. The monoisotopic (exact) mass is 491 g/mol. The highest BCUT2D eigenvalue weighted by Crippen LogP contribution is 2.42. The molecule has 1 aliphatic carbocycles. The summed E-state index contributed by atoms with van der Waals surface area (Å²) in [7, 11) is 0. The summed E-state index contributed by atoms with van der Waals surface area (Å²) >= 11 is 0. The van der Waals surface area contributed by atoms with Crippen molar-refractivity contribution in [3.8, 4) is 0 Å². The second-order valence-electron chi connectivity index (χ2n) is 12.4. The second kappa shape index (κ2) is 9.52. The fraction of sp³-hybridized carbons (Fsp3) is 0.643. The van der Waals surface area contributed by atoms with E-state index in [1.54, 1.807) is 0 Å². The number of hydrogen-bond donors (Lipinski definition) is 1. The summed E-state index contributed by atoms with van der Waals surface area (Å²) in [4.78, 5) is 26.5. The lowest BCUT2D eigenvalue weighted by Crippen LogP contribution is -2.59. The minimum Gasteiger partial charge on any atom is -0.365 e. The fourth-order valence-corrected chi connectivity index (χ4v) is 6.18. The highest BCUT2D eigenvalue weighted by Gasteiger charge is 2.49. The molecule has 1 N–H and O–H groups in total. The number of fused-ring (bicyclic) bond motifs is 1. The van der Waals surface area contributed by atoms with E-state index >= 15 is 0 Å². The Labute approximate surface area is 215 Å². The Hall–Kier alpha value is -2.90. The van der Waals surface area contributed by atoms with Gasteiger partial charge in [-0.1, -0.05) is 34.3 Å². The molecule has 3 aliphatic rings. The first-order valence-corrected chi connectivity index (χ1v) is 13.5. The number of amides is 1. The Morgan fingerprint density at radius 1 is 1.22 bits per heavy atom. The van der Waals surface area contributed by atoms with Gasteiger partial charge < -0.3 is 15.1 Å². The molecule has 1 spiro atoms. The minimum absolute atomic E-state index is 0.0335. The van der Waals surface area contributed by atoms with Crippen molar-refractivity contribution < 1.29 is 4.79 Å². The van der Waals surface area contributed by atoms with Crippen LogP contribution < -0.4 is 10.2 Å². The fourth-order valence-electron chi connectivity index (χ4n) is 6.18. The first kappa shape index (κ1) is 24.8. The van der Waals surface area contributed by atoms with Gasteiger partial charge in [0.2, 0.25) is 11.9 Å². The van der Waals surface area contributed by atoms with Crippen LogP contribution in [0.2, 0.25) is 0 Å². The third-order valence-corrected chi connectivity index (χ3v) is 8.10. The third-order valence-electron chi connectivity index (χ3n) is 8.10. The molecule has 2 aromatic rings. The van der Waals surface area contributed by atoms with E-state index in [4.69, 9.17) is 9.97 Å². The minimum atomic E-state index is 0.0335. The van der Waals surface area contributed by atoms with Gasteiger partial charge in [0, 0.05) is 55.6 Å². The molecule has 1 atom stereocenters. The summed E-state index contributed by atoms with van der Waals surface area (Å²) in [6.07, 6.45) is 10.5. The molecule has 0 unspecified atom stereocenters. The number of rotatable bonds is 8. The number of nitrogens with zero attached hydrogens (tertiary/aromatic N) is 6. The van der Waals surface area contributed by atoms with Gasteiger partial charge in [-0.05, 0) is 55.6 Å². The van der Waals surface area contributed by atoms with Crippen LogP contribution in [0.15, 0.2) is 31.1 Å². The average molecular weight is 492 g/mol. The van der Waals surface area contributed by atoms with Crippen LogP contribution in [-0.4, -0.2) is 62.8 Å². The number of carbonyl (C=O) groups is 1. The van der Waals surface area contributed by atoms with E-state index in [0.717, 1.165) is 76.6 Å². The van der Waals surface area contributed by atoms with E-state index in [-0.39, 0.29) is 22.8 Å². The number of nitrogens with one attached hydrogen (secondary N) is 1. The lowest BCUT2D eigenvalue weighted by atomic mass is 9.76. The first-order chi connectivity index (χ1) is 17.2. The van der Waals surface area contributed by atoms with Crippen molar-refractivity contribution in [3.05, 3.63) is 42.4 Å². The molecular formula is C28H41N7O. The quantitative estimate of drug-likeness (QED) is 0.564.